The normalized spacial score (nSPS) is 15.6. The van der Waals surface area contributed by atoms with E-state index in [1.807, 2.05) is 0 Å². The number of nitrogens with zero attached hydrogens (tertiary/aromatic N) is 1. The molecule has 19 heavy (non-hydrogen) atoms. The van der Waals surface area contributed by atoms with E-state index in [0.29, 0.717) is 24.0 Å². The number of imide groups is 1. The average molecular weight is 261 g/mol. The molecule has 1 aromatic carbocycles. The standard InChI is InChI=1S/C13H15N3O3/c1-16(12(15)19)10(17)8-3-2-4-9(7-8)13(5-6-13)11(14)18/h2-4,7H,5-6H2,1H3,(H2,14,18)(H2,15,19). The second kappa shape index (κ2) is 4.38. The lowest BCUT2D eigenvalue weighted by Gasteiger charge is -2.15. The van der Waals surface area contributed by atoms with Crippen LogP contribution in [-0.4, -0.2) is 29.8 Å². The smallest absolute Gasteiger partial charge is 0.321 e. The number of carbonyl (C=O) groups is 3. The Labute approximate surface area is 110 Å². The summed E-state index contributed by atoms with van der Waals surface area (Å²) in [5, 5.41) is 0. The SMILES string of the molecule is CN(C(N)=O)C(=O)c1cccc(C2(C(N)=O)CC2)c1. The van der Waals surface area contributed by atoms with Crippen LogP contribution in [0.4, 0.5) is 4.79 Å². The fourth-order valence-electron chi connectivity index (χ4n) is 2.05. The summed E-state index contributed by atoms with van der Waals surface area (Å²) in [7, 11) is 1.30. The van der Waals surface area contributed by atoms with Crippen LogP contribution in [0.25, 0.3) is 0 Å². The first-order chi connectivity index (χ1) is 8.88. The van der Waals surface area contributed by atoms with Crippen molar-refractivity contribution in [3.8, 4) is 0 Å². The van der Waals surface area contributed by atoms with E-state index in [1.165, 1.54) is 7.05 Å². The van der Waals surface area contributed by atoms with Gasteiger partial charge in [0.2, 0.25) is 5.91 Å². The molecule has 1 fully saturated rings. The molecule has 4 N–H and O–H groups in total. The maximum Gasteiger partial charge on any atom is 0.321 e. The van der Waals surface area contributed by atoms with E-state index < -0.39 is 17.4 Å². The molecule has 0 radical (unpaired) electrons. The van der Waals surface area contributed by atoms with E-state index in [9.17, 15) is 14.4 Å². The second-order valence-electron chi connectivity index (χ2n) is 4.73. The van der Waals surface area contributed by atoms with Crippen LogP contribution >= 0.6 is 0 Å². The van der Waals surface area contributed by atoms with E-state index in [4.69, 9.17) is 11.5 Å². The summed E-state index contributed by atoms with van der Waals surface area (Å²) in [5.41, 5.74) is 10.8. The zero-order valence-electron chi connectivity index (χ0n) is 10.6. The van der Waals surface area contributed by atoms with Gasteiger partial charge in [-0.3, -0.25) is 14.5 Å². The molecule has 0 atom stereocenters. The number of amides is 4. The quantitative estimate of drug-likeness (QED) is 0.819. The van der Waals surface area contributed by atoms with Crippen LogP contribution in [0.15, 0.2) is 24.3 Å². The summed E-state index contributed by atoms with van der Waals surface area (Å²) in [5.74, 6) is -0.894. The Balaban J connectivity index is 2.33. The molecule has 0 saturated heterocycles. The van der Waals surface area contributed by atoms with Gasteiger partial charge in [-0.15, -0.1) is 0 Å². The number of hydrogen-bond donors (Lipinski definition) is 2. The Hall–Kier alpha value is -2.37. The fourth-order valence-corrected chi connectivity index (χ4v) is 2.05. The molecule has 6 heteroatoms. The van der Waals surface area contributed by atoms with Gasteiger partial charge in [-0.2, -0.15) is 0 Å². The molecule has 6 nitrogen and oxygen atoms in total. The van der Waals surface area contributed by atoms with Crippen molar-refractivity contribution in [2.75, 3.05) is 7.05 Å². The van der Waals surface area contributed by atoms with E-state index in [1.54, 1.807) is 24.3 Å². The van der Waals surface area contributed by atoms with E-state index in [0.717, 1.165) is 4.90 Å². The molecule has 1 aliphatic rings. The van der Waals surface area contributed by atoms with Crippen LogP contribution in [0.1, 0.15) is 28.8 Å². The van der Waals surface area contributed by atoms with Crippen LogP contribution in [-0.2, 0) is 10.2 Å². The van der Waals surface area contributed by atoms with Crippen molar-refractivity contribution in [1.82, 2.24) is 4.90 Å². The van der Waals surface area contributed by atoms with E-state index in [-0.39, 0.29) is 5.91 Å². The Bertz CT molecular complexity index is 564. The van der Waals surface area contributed by atoms with Crippen molar-refractivity contribution >= 4 is 17.8 Å². The number of hydrogen-bond acceptors (Lipinski definition) is 3. The Kier molecular flexibility index (Phi) is 3.01. The minimum Gasteiger partial charge on any atom is -0.369 e. The van der Waals surface area contributed by atoms with Gasteiger partial charge < -0.3 is 11.5 Å². The van der Waals surface area contributed by atoms with E-state index >= 15 is 0 Å². The number of rotatable bonds is 3. The highest BCUT2D eigenvalue weighted by atomic mass is 16.2. The summed E-state index contributed by atoms with van der Waals surface area (Å²) < 4.78 is 0. The summed E-state index contributed by atoms with van der Waals surface area (Å²) in [4.78, 5) is 35.2. The van der Waals surface area contributed by atoms with Crippen LogP contribution in [0.2, 0.25) is 0 Å². The van der Waals surface area contributed by atoms with Crippen LogP contribution in [0.5, 0.6) is 0 Å². The van der Waals surface area contributed by atoms with Crippen molar-refractivity contribution in [3.05, 3.63) is 35.4 Å². The topological polar surface area (TPSA) is 106 Å². The third kappa shape index (κ3) is 2.16. The molecule has 100 valence electrons. The molecule has 1 aromatic rings. The number of benzene rings is 1. The number of nitrogens with two attached hydrogens (primary N) is 2. The first-order valence-electron chi connectivity index (χ1n) is 5.86. The number of primary amides is 2. The predicted molar refractivity (Wildman–Crippen MR) is 68.2 cm³/mol. The van der Waals surface area contributed by atoms with E-state index in [2.05, 4.69) is 0 Å². The van der Waals surface area contributed by atoms with Gasteiger partial charge in [-0.1, -0.05) is 12.1 Å². The number of urea groups is 1. The van der Waals surface area contributed by atoms with Gasteiger partial charge >= 0.3 is 6.03 Å². The maximum atomic E-state index is 12.0. The third-order valence-electron chi connectivity index (χ3n) is 3.52. The maximum absolute atomic E-state index is 12.0. The Morgan fingerprint density at radius 1 is 1.21 bits per heavy atom. The molecule has 4 amide bonds. The lowest BCUT2D eigenvalue weighted by Crippen LogP contribution is -2.37. The second-order valence-corrected chi connectivity index (χ2v) is 4.73. The summed E-state index contributed by atoms with van der Waals surface area (Å²) in [6.07, 6.45) is 1.37. The van der Waals surface area contributed by atoms with Gasteiger partial charge in [-0.25, -0.2) is 4.79 Å². The lowest BCUT2D eigenvalue weighted by molar-refractivity contribution is -0.120. The van der Waals surface area contributed by atoms with Gasteiger partial charge in [0.15, 0.2) is 0 Å². The Morgan fingerprint density at radius 2 is 1.84 bits per heavy atom. The first kappa shape index (κ1) is 13.1. The predicted octanol–water partition coefficient (Wildman–Crippen LogP) is 0.354. The molecule has 0 aliphatic heterocycles. The van der Waals surface area contributed by atoms with Gasteiger partial charge in [0.25, 0.3) is 5.91 Å². The third-order valence-corrected chi connectivity index (χ3v) is 3.52. The largest absolute Gasteiger partial charge is 0.369 e. The Morgan fingerprint density at radius 3 is 2.32 bits per heavy atom. The highest BCUT2D eigenvalue weighted by Gasteiger charge is 2.50. The molecule has 0 spiro atoms. The number of carbonyl (C=O) groups excluding carboxylic acids is 3. The molecule has 0 aromatic heterocycles. The zero-order valence-corrected chi connectivity index (χ0v) is 10.6. The lowest BCUT2D eigenvalue weighted by atomic mass is 9.93. The van der Waals surface area contributed by atoms with Crippen molar-refractivity contribution in [1.29, 1.82) is 0 Å². The zero-order chi connectivity index (χ0) is 14.2. The monoisotopic (exact) mass is 261 g/mol. The van der Waals surface area contributed by atoms with Crippen LogP contribution in [0.3, 0.4) is 0 Å². The minimum absolute atomic E-state index is 0.311. The van der Waals surface area contributed by atoms with Gasteiger partial charge in [0.1, 0.15) is 0 Å². The molecule has 0 unspecified atom stereocenters. The average Bonchev–Trinajstić information content (AvgIpc) is 3.18. The molecule has 1 saturated carbocycles. The van der Waals surface area contributed by atoms with Gasteiger partial charge in [0.05, 0.1) is 5.41 Å². The van der Waals surface area contributed by atoms with Crippen molar-refractivity contribution in [2.24, 2.45) is 11.5 Å². The van der Waals surface area contributed by atoms with Crippen LogP contribution in [0, 0.1) is 0 Å². The summed E-state index contributed by atoms with van der Waals surface area (Å²) >= 11 is 0. The molecule has 2 rings (SSSR count). The molecule has 0 bridgehead atoms. The van der Waals surface area contributed by atoms with Crippen LogP contribution < -0.4 is 11.5 Å². The summed E-state index contributed by atoms with van der Waals surface area (Å²) in [6, 6.07) is 5.77. The van der Waals surface area contributed by atoms with Gasteiger partial charge in [-0.05, 0) is 30.5 Å². The van der Waals surface area contributed by atoms with Crippen molar-refractivity contribution in [3.63, 3.8) is 0 Å². The fraction of sp³-hybridized carbons (Fsp3) is 0.308. The van der Waals surface area contributed by atoms with Gasteiger partial charge in [0, 0.05) is 12.6 Å². The molecular formula is C13H15N3O3. The van der Waals surface area contributed by atoms with Crippen molar-refractivity contribution in [2.45, 2.75) is 18.3 Å². The molecule has 1 aliphatic carbocycles. The first-order valence-corrected chi connectivity index (χ1v) is 5.86. The van der Waals surface area contributed by atoms with Crippen molar-refractivity contribution < 1.29 is 14.4 Å². The minimum atomic E-state index is -0.827. The highest BCUT2D eigenvalue weighted by Crippen LogP contribution is 2.48. The highest BCUT2D eigenvalue weighted by molar-refractivity contribution is 6.04. The molecular weight excluding hydrogens is 246 g/mol. The molecule has 0 heterocycles. The summed E-state index contributed by atoms with van der Waals surface area (Å²) in [6.45, 7) is 0.